The van der Waals surface area contributed by atoms with Gasteiger partial charge in [0.2, 0.25) is 10.0 Å². The first-order chi connectivity index (χ1) is 9.77. The van der Waals surface area contributed by atoms with E-state index in [0.717, 1.165) is 6.42 Å². The highest BCUT2D eigenvalue weighted by atomic mass is 35.5. The molecule has 0 aliphatic carbocycles. The van der Waals surface area contributed by atoms with Gasteiger partial charge >= 0.3 is 0 Å². The van der Waals surface area contributed by atoms with Crippen LogP contribution in [-0.4, -0.2) is 42.2 Å². The lowest BCUT2D eigenvalue weighted by Crippen LogP contribution is -2.32. The fraction of sp³-hybridized carbons (Fsp3) is 0.583. The zero-order valence-corrected chi connectivity index (χ0v) is 14.6. The molecule has 120 valence electrons. The molecule has 0 spiro atoms. The summed E-state index contributed by atoms with van der Waals surface area (Å²) in [6.07, 6.45) is 3.69. The second-order valence-corrected chi connectivity index (χ2v) is 8.57. The SMILES string of the molecule is CCCNc1ncc(S(=O)(=O)NCC(C)S(C)=O)cc1Cl. The summed E-state index contributed by atoms with van der Waals surface area (Å²) in [5, 5.41) is 2.99. The number of hydrogen-bond acceptors (Lipinski definition) is 5. The fourth-order valence-corrected chi connectivity index (χ4v) is 3.19. The molecule has 0 aliphatic heterocycles. The molecule has 0 radical (unpaired) electrons. The highest BCUT2D eigenvalue weighted by Gasteiger charge is 2.18. The van der Waals surface area contributed by atoms with Crippen LogP contribution in [0, 0.1) is 0 Å². The lowest BCUT2D eigenvalue weighted by atomic mass is 10.4. The van der Waals surface area contributed by atoms with Gasteiger partial charge in [-0.15, -0.1) is 0 Å². The van der Waals surface area contributed by atoms with Gasteiger partial charge in [-0.1, -0.05) is 18.5 Å². The number of hydrogen-bond donors (Lipinski definition) is 2. The van der Waals surface area contributed by atoms with E-state index in [1.54, 1.807) is 6.92 Å². The molecule has 1 heterocycles. The molecule has 21 heavy (non-hydrogen) atoms. The maximum Gasteiger partial charge on any atom is 0.242 e. The van der Waals surface area contributed by atoms with E-state index in [4.69, 9.17) is 11.6 Å². The molecule has 0 aliphatic rings. The van der Waals surface area contributed by atoms with Crippen molar-refractivity contribution in [1.82, 2.24) is 9.71 Å². The van der Waals surface area contributed by atoms with Crippen LogP contribution >= 0.6 is 11.6 Å². The molecule has 9 heteroatoms. The number of sulfonamides is 1. The van der Waals surface area contributed by atoms with Crippen LogP contribution in [0.25, 0.3) is 0 Å². The van der Waals surface area contributed by atoms with Crippen molar-refractivity contribution in [2.75, 3.05) is 24.7 Å². The van der Waals surface area contributed by atoms with E-state index in [-0.39, 0.29) is 21.7 Å². The van der Waals surface area contributed by atoms with Crippen LogP contribution < -0.4 is 10.0 Å². The fourth-order valence-electron chi connectivity index (χ4n) is 1.37. The predicted octanol–water partition coefficient (Wildman–Crippen LogP) is 1.60. The van der Waals surface area contributed by atoms with Crippen LogP contribution in [0.3, 0.4) is 0 Å². The van der Waals surface area contributed by atoms with Crippen LogP contribution in [0.2, 0.25) is 5.02 Å². The molecule has 1 aromatic heterocycles. The molecular weight excluding hydrogens is 334 g/mol. The summed E-state index contributed by atoms with van der Waals surface area (Å²) in [6.45, 7) is 4.51. The van der Waals surface area contributed by atoms with Gasteiger partial charge in [-0.25, -0.2) is 18.1 Å². The van der Waals surface area contributed by atoms with Gasteiger partial charge in [0, 0.05) is 41.6 Å². The number of halogens is 1. The Balaban J connectivity index is 2.84. The van der Waals surface area contributed by atoms with Crippen LogP contribution in [0.1, 0.15) is 20.3 Å². The minimum atomic E-state index is -3.71. The topological polar surface area (TPSA) is 88.2 Å². The Kier molecular flexibility index (Phi) is 7.05. The summed E-state index contributed by atoms with van der Waals surface area (Å²) in [4.78, 5) is 4.01. The molecule has 0 saturated heterocycles. The second kappa shape index (κ2) is 8.07. The Labute approximate surface area is 133 Å². The molecule has 2 unspecified atom stereocenters. The largest absolute Gasteiger partial charge is 0.369 e. The maximum absolute atomic E-state index is 12.1. The number of aromatic nitrogens is 1. The first kappa shape index (κ1) is 18.3. The van der Waals surface area contributed by atoms with Gasteiger partial charge in [-0.2, -0.15) is 0 Å². The molecule has 1 aromatic rings. The monoisotopic (exact) mass is 353 g/mol. The molecule has 0 saturated carbocycles. The lowest BCUT2D eigenvalue weighted by Gasteiger charge is -2.12. The van der Waals surface area contributed by atoms with Crippen LogP contribution in [0.4, 0.5) is 5.82 Å². The molecule has 6 nitrogen and oxygen atoms in total. The van der Waals surface area contributed by atoms with Crippen molar-refractivity contribution in [3.05, 3.63) is 17.3 Å². The summed E-state index contributed by atoms with van der Waals surface area (Å²) in [7, 11) is -4.80. The van der Waals surface area contributed by atoms with E-state index in [1.165, 1.54) is 18.5 Å². The first-order valence-electron chi connectivity index (χ1n) is 6.49. The molecule has 2 N–H and O–H groups in total. The minimum absolute atomic E-state index is 0.0105. The summed E-state index contributed by atoms with van der Waals surface area (Å²) in [6, 6.07) is 1.35. The smallest absolute Gasteiger partial charge is 0.242 e. The predicted molar refractivity (Wildman–Crippen MR) is 86.7 cm³/mol. The standard InChI is InChI=1S/C12H20ClN3O3S2/c1-4-5-14-12-11(13)6-10(8-15-12)21(18,19)16-7-9(2)20(3)17/h6,8-9,16H,4-5,7H2,1-3H3,(H,14,15). The number of nitrogens with zero attached hydrogens (tertiary/aromatic N) is 1. The quantitative estimate of drug-likeness (QED) is 0.741. The molecule has 1 rings (SSSR count). The van der Waals surface area contributed by atoms with Crippen molar-refractivity contribution < 1.29 is 12.6 Å². The summed E-state index contributed by atoms with van der Waals surface area (Å²) in [5.41, 5.74) is 0. The van der Waals surface area contributed by atoms with E-state index in [1.807, 2.05) is 6.92 Å². The molecule has 0 aromatic carbocycles. The van der Waals surface area contributed by atoms with Gasteiger partial charge < -0.3 is 5.32 Å². The van der Waals surface area contributed by atoms with Gasteiger partial charge in [0.1, 0.15) is 10.7 Å². The lowest BCUT2D eigenvalue weighted by molar-refractivity contribution is 0.580. The van der Waals surface area contributed by atoms with Gasteiger partial charge in [-0.05, 0) is 19.4 Å². The Morgan fingerprint density at radius 1 is 1.48 bits per heavy atom. The minimum Gasteiger partial charge on any atom is -0.369 e. The van der Waals surface area contributed by atoms with E-state index in [0.29, 0.717) is 12.4 Å². The molecule has 2 atom stereocenters. The van der Waals surface area contributed by atoms with Gasteiger partial charge in [0.25, 0.3) is 0 Å². The molecular formula is C12H20ClN3O3S2. The number of pyridine rings is 1. The van der Waals surface area contributed by atoms with Crippen molar-refractivity contribution in [3.63, 3.8) is 0 Å². The Morgan fingerprint density at radius 3 is 2.67 bits per heavy atom. The van der Waals surface area contributed by atoms with Crippen LogP contribution in [-0.2, 0) is 20.8 Å². The van der Waals surface area contributed by atoms with Crippen molar-refractivity contribution >= 4 is 38.2 Å². The zero-order valence-electron chi connectivity index (χ0n) is 12.2. The molecule has 0 bridgehead atoms. The third-order valence-electron chi connectivity index (χ3n) is 2.80. The number of nitrogens with one attached hydrogen (secondary N) is 2. The average molecular weight is 354 g/mol. The van der Waals surface area contributed by atoms with Crippen molar-refractivity contribution in [1.29, 1.82) is 0 Å². The zero-order chi connectivity index (χ0) is 16.0. The van der Waals surface area contributed by atoms with Crippen molar-refractivity contribution in [3.8, 4) is 0 Å². The number of anilines is 1. The van der Waals surface area contributed by atoms with Gasteiger partial charge in [0.05, 0.1) is 5.02 Å². The third kappa shape index (κ3) is 5.54. The number of rotatable bonds is 8. The maximum atomic E-state index is 12.1. The average Bonchev–Trinajstić information content (AvgIpc) is 2.43. The summed E-state index contributed by atoms with van der Waals surface area (Å²) in [5.74, 6) is 0.459. The van der Waals surface area contributed by atoms with E-state index in [2.05, 4.69) is 15.0 Å². The molecule has 0 amide bonds. The normalized spacial score (nSPS) is 14.7. The first-order valence-corrected chi connectivity index (χ1v) is 9.97. The van der Waals surface area contributed by atoms with Crippen LogP contribution in [0.5, 0.6) is 0 Å². The molecule has 0 fully saturated rings. The van der Waals surface area contributed by atoms with E-state index >= 15 is 0 Å². The Bertz CT molecular complexity index is 608. The van der Waals surface area contributed by atoms with Gasteiger partial charge in [-0.3, -0.25) is 4.21 Å². The van der Waals surface area contributed by atoms with Crippen LogP contribution in [0.15, 0.2) is 17.2 Å². The Morgan fingerprint density at radius 2 is 2.14 bits per heavy atom. The van der Waals surface area contributed by atoms with Gasteiger partial charge in [0.15, 0.2) is 0 Å². The summed E-state index contributed by atoms with van der Waals surface area (Å²) >= 11 is 6.02. The van der Waals surface area contributed by atoms with Crippen molar-refractivity contribution in [2.45, 2.75) is 30.4 Å². The second-order valence-electron chi connectivity index (χ2n) is 4.59. The highest BCUT2D eigenvalue weighted by Crippen LogP contribution is 2.22. The van der Waals surface area contributed by atoms with Crippen molar-refractivity contribution in [2.24, 2.45) is 0 Å². The third-order valence-corrected chi connectivity index (χ3v) is 5.77. The van der Waals surface area contributed by atoms with E-state index in [9.17, 15) is 12.6 Å². The van der Waals surface area contributed by atoms with E-state index < -0.39 is 20.8 Å². The highest BCUT2D eigenvalue weighted by molar-refractivity contribution is 7.89. The summed E-state index contributed by atoms with van der Waals surface area (Å²) < 4.78 is 37.9. The Hall–Kier alpha value is -0.700.